The molecule has 1 aromatic heterocycles. The van der Waals surface area contributed by atoms with Crippen LogP contribution in [0.2, 0.25) is 0 Å². The number of hydrogen-bond acceptors (Lipinski definition) is 5. The monoisotopic (exact) mass is 398 g/mol. The maximum absolute atomic E-state index is 12.7. The van der Waals surface area contributed by atoms with Crippen LogP contribution in [0.5, 0.6) is 0 Å². The number of hydrogen-bond donors (Lipinski definition) is 0. The molecule has 28 heavy (non-hydrogen) atoms. The normalized spacial score (nSPS) is 14.6. The van der Waals surface area contributed by atoms with Gasteiger partial charge in [-0.05, 0) is 32.4 Å². The topological polar surface area (TPSA) is 49.3 Å². The summed E-state index contributed by atoms with van der Waals surface area (Å²) in [6.45, 7) is 13.5. The highest BCUT2D eigenvalue weighted by Crippen LogP contribution is 2.24. The summed E-state index contributed by atoms with van der Waals surface area (Å²) in [7, 11) is 0. The number of amides is 1. The molecular formula is C22H30N4OS. The van der Waals surface area contributed by atoms with E-state index >= 15 is 0 Å². The molecule has 0 aliphatic carbocycles. The highest BCUT2D eigenvalue weighted by molar-refractivity contribution is 8.00. The Bertz CT molecular complexity index is 844. The number of nitrogens with zero attached hydrogens (tertiary/aromatic N) is 4. The van der Waals surface area contributed by atoms with Crippen LogP contribution in [0.3, 0.4) is 0 Å². The molecule has 0 unspecified atom stereocenters. The van der Waals surface area contributed by atoms with Crippen molar-refractivity contribution < 1.29 is 4.79 Å². The number of benzene rings is 1. The summed E-state index contributed by atoms with van der Waals surface area (Å²) < 4.78 is 0. The van der Waals surface area contributed by atoms with Crippen molar-refractivity contribution in [2.24, 2.45) is 0 Å². The van der Waals surface area contributed by atoms with Gasteiger partial charge in [0.15, 0.2) is 0 Å². The molecule has 0 atom stereocenters. The Kier molecular flexibility index (Phi) is 6.60. The van der Waals surface area contributed by atoms with E-state index in [1.807, 2.05) is 17.9 Å². The third kappa shape index (κ3) is 5.04. The van der Waals surface area contributed by atoms with E-state index in [1.54, 1.807) is 11.8 Å². The summed E-state index contributed by atoms with van der Waals surface area (Å²) in [6, 6.07) is 8.44. The van der Waals surface area contributed by atoms with E-state index in [4.69, 9.17) is 4.98 Å². The third-order valence-electron chi connectivity index (χ3n) is 5.03. The Morgan fingerprint density at radius 3 is 2.46 bits per heavy atom. The average Bonchev–Trinajstić information content (AvgIpc) is 2.68. The minimum Gasteiger partial charge on any atom is -0.353 e. The summed E-state index contributed by atoms with van der Waals surface area (Å²) in [5.74, 6) is 2.89. The Morgan fingerprint density at radius 1 is 1.07 bits per heavy atom. The fraction of sp³-hybridized carbons (Fsp3) is 0.500. The molecule has 1 aromatic carbocycles. The first kappa shape index (κ1) is 20.6. The van der Waals surface area contributed by atoms with Crippen LogP contribution in [0.15, 0.2) is 29.2 Å². The zero-order valence-electron chi connectivity index (χ0n) is 17.5. The Morgan fingerprint density at radius 2 is 1.79 bits per heavy atom. The molecule has 0 spiro atoms. The Hall–Kier alpha value is -2.08. The van der Waals surface area contributed by atoms with Crippen LogP contribution in [0.4, 0.5) is 5.82 Å². The highest BCUT2D eigenvalue weighted by Gasteiger charge is 2.23. The molecule has 3 rings (SSSR count). The van der Waals surface area contributed by atoms with Crippen molar-refractivity contribution >= 4 is 23.5 Å². The second-order valence-electron chi connectivity index (χ2n) is 7.81. The second kappa shape index (κ2) is 8.95. The van der Waals surface area contributed by atoms with Crippen molar-refractivity contribution in [1.29, 1.82) is 0 Å². The van der Waals surface area contributed by atoms with Crippen molar-refractivity contribution in [2.75, 3.05) is 36.8 Å². The molecule has 0 saturated carbocycles. The van der Waals surface area contributed by atoms with Gasteiger partial charge in [0.25, 0.3) is 0 Å². The molecule has 2 heterocycles. The van der Waals surface area contributed by atoms with Crippen molar-refractivity contribution in [3.8, 4) is 0 Å². The molecule has 1 saturated heterocycles. The molecule has 1 amide bonds. The summed E-state index contributed by atoms with van der Waals surface area (Å²) in [6.07, 6.45) is 0. The van der Waals surface area contributed by atoms with Gasteiger partial charge in [-0.1, -0.05) is 31.5 Å². The van der Waals surface area contributed by atoms with Crippen LogP contribution >= 0.6 is 11.8 Å². The molecule has 1 aliphatic rings. The summed E-state index contributed by atoms with van der Waals surface area (Å²) >= 11 is 1.64. The molecule has 150 valence electrons. The zero-order chi connectivity index (χ0) is 20.3. The number of thioether (sulfide) groups is 1. The van der Waals surface area contributed by atoms with Crippen LogP contribution in [-0.4, -0.2) is 52.7 Å². The lowest BCUT2D eigenvalue weighted by atomic mass is 10.2. The van der Waals surface area contributed by atoms with Gasteiger partial charge < -0.3 is 9.80 Å². The van der Waals surface area contributed by atoms with Crippen molar-refractivity contribution in [1.82, 2.24) is 14.9 Å². The van der Waals surface area contributed by atoms with Gasteiger partial charge in [0.05, 0.1) is 5.75 Å². The van der Waals surface area contributed by atoms with E-state index in [0.29, 0.717) is 11.7 Å². The molecule has 2 aromatic rings. The standard InChI is InChI=1S/C22H30N4OS/c1-15(2)22-23-18(5)13-20(24-22)25-8-10-26(11-9-25)21(27)14-28-19-12-16(3)6-7-17(19)4/h6-7,12-13,15H,8-11,14H2,1-5H3. The van der Waals surface area contributed by atoms with E-state index in [0.717, 1.165) is 43.5 Å². The van der Waals surface area contributed by atoms with Gasteiger partial charge in [0, 0.05) is 48.8 Å². The van der Waals surface area contributed by atoms with Crippen LogP contribution in [0.1, 0.15) is 42.4 Å². The van der Waals surface area contributed by atoms with Crippen LogP contribution in [-0.2, 0) is 4.79 Å². The van der Waals surface area contributed by atoms with E-state index in [-0.39, 0.29) is 5.91 Å². The van der Waals surface area contributed by atoms with Gasteiger partial charge in [0.2, 0.25) is 5.91 Å². The van der Waals surface area contributed by atoms with Gasteiger partial charge >= 0.3 is 0 Å². The second-order valence-corrected chi connectivity index (χ2v) is 8.82. The van der Waals surface area contributed by atoms with Gasteiger partial charge in [-0.2, -0.15) is 0 Å². The fourth-order valence-corrected chi connectivity index (χ4v) is 4.30. The average molecular weight is 399 g/mol. The minimum absolute atomic E-state index is 0.215. The molecule has 0 N–H and O–H groups in total. The highest BCUT2D eigenvalue weighted by atomic mass is 32.2. The Balaban J connectivity index is 1.56. The smallest absolute Gasteiger partial charge is 0.233 e. The van der Waals surface area contributed by atoms with Gasteiger partial charge in [-0.3, -0.25) is 4.79 Å². The van der Waals surface area contributed by atoms with Crippen molar-refractivity contribution in [2.45, 2.75) is 45.4 Å². The van der Waals surface area contributed by atoms with E-state index < -0.39 is 0 Å². The lowest BCUT2D eigenvalue weighted by Crippen LogP contribution is -2.49. The lowest BCUT2D eigenvalue weighted by Gasteiger charge is -2.35. The molecule has 6 heteroatoms. The van der Waals surface area contributed by atoms with Gasteiger partial charge in [-0.15, -0.1) is 11.8 Å². The molecule has 5 nitrogen and oxygen atoms in total. The lowest BCUT2D eigenvalue weighted by molar-refractivity contribution is -0.128. The maximum Gasteiger partial charge on any atom is 0.233 e. The van der Waals surface area contributed by atoms with E-state index in [2.05, 4.69) is 55.8 Å². The first-order chi connectivity index (χ1) is 13.3. The zero-order valence-corrected chi connectivity index (χ0v) is 18.3. The minimum atomic E-state index is 0.215. The number of rotatable bonds is 5. The predicted molar refractivity (Wildman–Crippen MR) is 116 cm³/mol. The van der Waals surface area contributed by atoms with E-state index in [1.165, 1.54) is 16.0 Å². The summed E-state index contributed by atoms with van der Waals surface area (Å²) in [4.78, 5) is 27.4. The molecule has 0 bridgehead atoms. The van der Waals surface area contributed by atoms with Crippen LogP contribution in [0.25, 0.3) is 0 Å². The number of aryl methyl sites for hydroxylation is 3. The van der Waals surface area contributed by atoms with Crippen LogP contribution < -0.4 is 4.90 Å². The first-order valence-electron chi connectivity index (χ1n) is 9.92. The van der Waals surface area contributed by atoms with Gasteiger partial charge in [0.1, 0.15) is 11.6 Å². The van der Waals surface area contributed by atoms with Crippen LogP contribution in [0, 0.1) is 20.8 Å². The van der Waals surface area contributed by atoms with Crippen molar-refractivity contribution in [3.63, 3.8) is 0 Å². The number of aromatic nitrogens is 2. The Labute approximate surface area is 172 Å². The quantitative estimate of drug-likeness (QED) is 0.714. The SMILES string of the molecule is Cc1ccc(C)c(SCC(=O)N2CCN(c3cc(C)nc(C(C)C)n3)CC2)c1. The number of carbonyl (C=O) groups is 1. The van der Waals surface area contributed by atoms with Gasteiger partial charge in [-0.25, -0.2) is 9.97 Å². The number of anilines is 1. The molecule has 1 fully saturated rings. The predicted octanol–water partition coefficient (Wildman–Crippen LogP) is 3.97. The van der Waals surface area contributed by atoms with E-state index in [9.17, 15) is 4.79 Å². The number of piperazine rings is 1. The fourth-order valence-electron chi connectivity index (χ4n) is 3.27. The number of carbonyl (C=O) groups excluding carboxylic acids is 1. The molecule has 1 aliphatic heterocycles. The maximum atomic E-state index is 12.7. The third-order valence-corrected chi connectivity index (χ3v) is 6.17. The molecular weight excluding hydrogens is 368 g/mol. The molecule has 0 radical (unpaired) electrons. The largest absolute Gasteiger partial charge is 0.353 e. The first-order valence-corrected chi connectivity index (χ1v) is 10.9. The summed E-state index contributed by atoms with van der Waals surface area (Å²) in [5.41, 5.74) is 3.46. The summed E-state index contributed by atoms with van der Waals surface area (Å²) in [5, 5.41) is 0. The van der Waals surface area contributed by atoms with Crippen molar-refractivity contribution in [3.05, 3.63) is 46.9 Å².